The molecule has 3 aromatic heterocycles. The number of fused-ring (bicyclic) bond motifs is 1. The third kappa shape index (κ3) is 9.63. The minimum atomic E-state index is -1.08. The van der Waals surface area contributed by atoms with Gasteiger partial charge in [-0.3, -0.25) is 4.98 Å². The highest BCUT2D eigenvalue weighted by molar-refractivity contribution is 5.68. The third-order valence-electron chi connectivity index (χ3n) is 9.73. The summed E-state index contributed by atoms with van der Waals surface area (Å²) in [5.41, 5.74) is 4.82. The molecule has 1 aliphatic rings. The highest BCUT2D eigenvalue weighted by atomic mass is 16.6. The summed E-state index contributed by atoms with van der Waals surface area (Å²) in [6, 6.07) is 20.0. The monoisotopic (exact) mass is 751 g/mol. The molecular weight excluding hydrogens is 699 g/mol. The highest BCUT2D eigenvalue weighted by Crippen LogP contribution is 2.33. The predicted molar refractivity (Wildman–Crippen MR) is 210 cm³/mol. The van der Waals surface area contributed by atoms with Crippen molar-refractivity contribution < 1.29 is 28.8 Å². The maximum absolute atomic E-state index is 12.6. The molecule has 1 unspecified atom stereocenters. The molecular formula is C42H53N7O6. The minimum absolute atomic E-state index is 0.194. The molecule has 0 radical (unpaired) electrons. The van der Waals surface area contributed by atoms with Crippen LogP contribution in [0.4, 0.5) is 10.6 Å². The largest absolute Gasteiger partial charge is 0.497 e. The van der Waals surface area contributed by atoms with Crippen LogP contribution in [0.5, 0.6) is 17.5 Å². The van der Waals surface area contributed by atoms with Crippen LogP contribution in [0, 0.1) is 6.92 Å². The molecule has 5 aromatic rings. The molecule has 13 nitrogen and oxygen atoms in total. The molecule has 2 aromatic carbocycles. The maximum atomic E-state index is 12.6. The smallest absolute Gasteiger partial charge is 0.410 e. The summed E-state index contributed by atoms with van der Waals surface area (Å²) < 4.78 is 24.1. The van der Waals surface area contributed by atoms with Gasteiger partial charge in [-0.15, -0.1) is 5.10 Å². The van der Waals surface area contributed by atoms with E-state index in [1.165, 1.54) is 0 Å². The summed E-state index contributed by atoms with van der Waals surface area (Å²) in [5, 5.41) is 16.7. The molecule has 4 heterocycles. The molecule has 0 saturated carbocycles. The Kier molecular flexibility index (Phi) is 12.4. The van der Waals surface area contributed by atoms with E-state index in [0.29, 0.717) is 61.2 Å². The number of benzene rings is 2. The van der Waals surface area contributed by atoms with Gasteiger partial charge in [0.05, 0.1) is 32.7 Å². The van der Waals surface area contributed by atoms with Crippen LogP contribution in [0.1, 0.15) is 99.2 Å². The molecule has 1 amide bonds. The van der Waals surface area contributed by atoms with Gasteiger partial charge in [-0.05, 0) is 88.4 Å². The number of rotatable bonds is 14. The maximum Gasteiger partial charge on any atom is 0.410 e. The Balaban J connectivity index is 1.31. The molecule has 1 saturated heterocycles. The Labute approximate surface area is 323 Å². The molecule has 0 spiro atoms. The van der Waals surface area contributed by atoms with Gasteiger partial charge in [0.2, 0.25) is 0 Å². The summed E-state index contributed by atoms with van der Waals surface area (Å²) in [4.78, 5) is 31.2. The van der Waals surface area contributed by atoms with Crippen LogP contribution in [-0.4, -0.2) is 80.2 Å². The summed E-state index contributed by atoms with van der Waals surface area (Å²) in [6.45, 7) is 12.3. The molecule has 0 bridgehead atoms. The second-order valence-electron chi connectivity index (χ2n) is 14.9. The number of hydrogen-bond donors (Lipinski definition) is 1. The van der Waals surface area contributed by atoms with E-state index in [9.17, 15) is 9.90 Å². The van der Waals surface area contributed by atoms with Crippen LogP contribution in [0.15, 0.2) is 66.9 Å². The van der Waals surface area contributed by atoms with E-state index in [-0.39, 0.29) is 18.0 Å². The number of methoxy groups -OCH3 is 2. The Bertz CT molecular complexity index is 1990. The highest BCUT2D eigenvalue weighted by Gasteiger charge is 2.29. The molecule has 13 heteroatoms. The lowest BCUT2D eigenvalue weighted by atomic mass is 9.92. The fraction of sp³-hybridized carbons (Fsp3) is 0.452. The van der Waals surface area contributed by atoms with Crippen LogP contribution in [0.25, 0.3) is 5.65 Å². The number of aliphatic hydroxyl groups is 1. The van der Waals surface area contributed by atoms with Crippen molar-refractivity contribution in [1.29, 1.82) is 0 Å². The number of aliphatic hydroxyl groups excluding tert-OH is 1. The van der Waals surface area contributed by atoms with Gasteiger partial charge in [-0.1, -0.05) is 43.7 Å². The van der Waals surface area contributed by atoms with E-state index in [4.69, 9.17) is 39.0 Å². The van der Waals surface area contributed by atoms with Gasteiger partial charge in [-0.2, -0.15) is 4.98 Å². The molecule has 55 heavy (non-hydrogen) atoms. The van der Waals surface area contributed by atoms with E-state index in [1.54, 1.807) is 29.8 Å². The summed E-state index contributed by atoms with van der Waals surface area (Å²) in [6.07, 6.45) is 3.65. The molecule has 6 rings (SSSR count). The van der Waals surface area contributed by atoms with Crippen molar-refractivity contribution in [3.63, 3.8) is 0 Å². The molecule has 0 aliphatic carbocycles. The third-order valence-corrected chi connectivity index (χ3v) is 9.73. The second kappa shape index (κ2) is 17.4. The first-order valence-electron chi connectivity index (χ1n) is 19.0. The van der Waals surface area contributed by atoms with Crippen LogP contribution < -0.4 is 19.1 Å². The minimum Gasteiger partial charge on any atom is -0.497 e. The predicted octanol–water partition coefficient (Wildman–Crippen LogP) is 7.43. The quantitative estimate of drug-likeness (QED) is 0.114. The number of likely N-dealkylation sites (tertiary alicyclic amines) is 1. The number of carbonyl (C=O) groups is 1. The van der Waals surface area contributed by atoms with Gasteiger partial charge in [0.1, 0.15) is 23.2 Å². The number of ether oxygens (including phenoxy) is 4. The first-order valence-corrected chi connectivity index (χ1v) is 19.0. The molecule has 1 aliphatic heterocycles. The number of carbonyl (C=O) groups excluding carboxylic acids is 1. The number of nitrogens with zero attached hydrogens (tertiary/aromatic N) is 7. The van der Waals surface area contributed by atoms with Crippen molar-refractivity contribution in [2.45, 2.75) is 91.0 Å². The van der Waals surface area contributed by atoms with Crippen LogP contribution in [-0.2, 0) is 17.8 Å². The lowest BCUT2D eigenvalue weighted by molar-refractivity contribution is 0.0204. The molecule has 1 atom stereocenters. The molecule has 1 fully saturated rings. The van der Waals surface area contributed by atoms with Gasteiger partial charge >= 0.3 is 12.1 Å². The van der Waals surface area contributed by atoms with Gasteiger partial charge in [-0.25, -0.2) is 14.3 Å². The van der Waals surface area contributed by atoms with E-state index in [1.807, 2.05) is 88.4 Å². The average molecular weight is 752 g/mol. The van der Waals surface area contributed by atoms with Crippen molar-refractivity contribution in [1.82, 2.24) is 29.5 Å². The second-order valence-corrected chi connectivity index (χ2v) is 14.9. The number of aromatic nitrogens is 5. The Morgan fingerprint density at radius 1 is 0.927 bits per heavy atom. The lowest BCUT2D eigenvalue weighted by Gasteiger charge is -2.33. The van der Waals surface area contributed by atoms with Crippen molar-refractivity contribution in [2.75, 3.05) is 38.8 Å². The van der Waals surface area contributed by atoms with Crippen molar-refractivity contribution in [3.05, 3.63) is 101 Å². The van der Waals surface area contributed by atoms with Crippen LogP contribution >= 0.6 is 0 Å². The molecule has 1 N–H and O–H groups in total. The normalized spacial score (nSPS) is 14.1. The van der Waals surface area contributed by atoms with Gasteiger partial charge in [0.15, 0.2) is 11.5 Å². The van der Waals surface area contributed by atoms with Crippen molar-refractivity contribution in [2.24, 2.45) is 0 Å². The van der Waals surface area contributed by atoms with Crippen molar-refractivity contribution in [3.8, 4) is 17.5 Å². The fourth-order valence-corrected chi connectivity index (χ4v) is 6.69. The van der Waals surface area contributed by atoms with Gasteiger partial charge < -0.3 is 33.9 Å². The summed E-state index contributed by atoms with van der Waals surface area (Å²) in [5.74, 6) is 2.30. The zero-order valence-electron chi connectivity index (χ0n) is 33.0. The average Bonchev–Trinajstić information content (AvgIpc) is 3.61. The fourth-order valence-electron chi connectivity index (χ4n) is 6.69. The number of pyridine rings is 1. The Hall–Kier alpha value is -5.43. The van der Waals surface area contributed by atoms with E-state index >= 15 is 0 Å². The number of imidazole rings is 1. The number of unbranched alkanes of at least 4 members (excludes halogenated alkanes) is 1. The molecule has 292 valence electrons. The van der Waals surface area contributed by atoms with E-state index in [2.05, 4.69) is 11.8 Å². The SMILES string of the molecule is CCCCOc1nc(N(Cc2ccc(OC)cc2)Cc2ccc(OC)cc2)c2ncc(C(O)c3ccc(C4CCN(C(=O)OC(C)(C)C)CC4)nc3C)n2n1. The topological polar surface area (TPSA) is 137 Å². The summed E-state index contributed by atoms with van der Waals surface area (Å²) >= 11 is 0. The first kappa shape index (κ1) is 39.3. The standard InChI is InChI=1S/C42H53N7O6/c1-8-9-24-54-40-45-39(48(26-29-10-14-32(52-6)15-11-29)27-30-12-16-33(53-7)17-13-30)38-43-25-36(49(38)46-40)37(50)34-18-19-35(44-28(34)2)31-20-22-47(23-21-31)41(51)55-42(3,4)5/h10-19,25,31,37,50H,8-9,20-24,26-27H2,1-7H3. The number of hydrogen-bond acceptors (Lipinski definition) is 11. The number of piperidine rings is 1. The Morgan fingerprint density at radius 3 is 2.09 bits per heavy atom. The van der Waals surface area contributed by atoms with Gasteiger partial charge in [0.25, 0.3) is 0 Å². The van der Waals surface area contributed by atoms with Crippen LogP contribution in [0.3, 0.4) is 0 Å². The first-order chi connectivity index (χ1) is 26.5. The zero-order chi connectivity index (χ0) is 39.1. The van der Waals surface area contributed by atoms with Gasteiger partial charge in [0, 0.05) is 49.0 Å². The number of amides is 1. The zero-order valence-corrected chi connectivity index (χ0v) is 33.0. The lowest BCUT2D eigenvalue weighted by Crippen LogP contribution is -2.41. The number of aryl methyl sites for hydroxylation is 1. The summed E-state index contributed by atoms with van der Waals surface area (Å²) in [7, 11) is 3.30. The van der Waals surface area contributed by atoms with E-state index in [0.717, 1.165) is 54.0 Å². The number of anilines is 1. The van der Waals surface area contributed by atoms with Crippen molar-refractivity contribution >= 4 is 17.6 Å². The Morgan fingerprint density at radius 2 is 1.55 bits per heavy atom. The van der Waals surface area contributed by atoms with E-state index < -0.39 is 11.7 Å². The van der Waals surface area contributed by atoms with Crippen LogP contribution in [0.2, 0.25) is 0 Å².